The molecule has 0 radical (unpaired) electrons. The normalized spacial score (nSPS) is 15.3. The SMILES string of the molecule is O=C(Cc1ccc(S(=O)(=O)N2CCCCC2)cc1)Nc1ccc(OC(F)F)cc1. The van der Waals surface area contributed by atoms with Gasteiger partial charge >= 0.3 is 6.61 Å². The molecule has 1 N–H and O–H groups in total. The highest BCUT2D eigenvalue weighted by Crippen LogP contribution is 2.21. The Morgan fingerprint density at radius 3 is 2.21 bits per heavy atom. The zero-order valence-electron chi connectivity index (χ0n) is 15.7. The van der Waals surface area contributed by atoms with E-state index in [-0.39, 0.29) is 23.0 Å². The van der Waals surface area contributed by atoms with Crippen molar-refractivity contribution in [3.8, 4) is 5.75 Å². The number of carbonyl (C=O) groups is 1. The molecule has 0 atom stereocenters. The lowest BCUT2D eigenvalue weighted by atomic mass is 10.1. The van der Waals surface area contributed by atoms with Gasteiger partial charge in [-0.25, -0.2) is 8.42 Å². The highest BCUT2D eigenvalue weighted by molar-refractivity contribution is 7.89. The van der Waals surface area contributed by atoms with Gasteiger partial charge in [-0.1, -0.05) is 18.6 Å². The van der Waals surface area contributed by atoms with Gasteiger partial charge in [0.2, 0.25) is 15.9 Å². The molecule has 0 unspecified atom stereocenters. The maximum Gasteiger partial charge on any atom is 0.387 e. The van der Waals surface area contributed by atoms with E-state index in [0.29, 0.717) is 24.3 Å². The molecule has 1 amide bonds. The Bertz CT molecular complexity index is 926. The highest BCUT2D eigenvalue weighted by Gasteiger charge is 2.25. The van der Waals surface area contributed by atoms with Crippen molar-refractivity contribution in [3.63, 3.8) is 0 Å². The van der Waals surface area contributed by atoms with Gasteiger partial charge in [0.25, 0.3) is 0 Å². The fourth-order valence-electron chi connectivity index (χ4n) is 3.14. The molecular formula is C20H22F2N2O4S. The van der Waals surface area contributed by atoms with Crippen molar-refractivity contribution >= 4 is 21.6 Å². The summed E-state index contributed by atoms with van der Waals surface area (Å²) in [6.07, 6.45) is 2.83. The number of sulfonamides is 1. The molecule has 0 spiro atoms. The molecule has 3 rings (SSSR count). The second kappa shape index (κ2) is 9.32. The number of alkyl halides is 2. The number of nitrogens with one attached hydrogen (secondary N) is 1. The van der Waals surface area contributed by atoms with Crippen LogP contribution in [0.5, 0.6) is 5.75 Å². The molecule has 2 aromatic carbocycles. The maximum atomic E-state index is 12.6. The van der Waals surface area contributed by atoms with Crippen LogP contribution in [0.1, 0.15) is 24.8 Å². The molecule has 1 fully saturated rings. The van der Waals surface area contributed by atoms with E-state index in [1.54, 1.807) is 12.1 Å². The number of halogens is 2. The van der Waals surface area contributed by atoms with E-state index in [9.17, 15) is 22.0 Å². The number of carbonyl (C=O) groups excluding carboxylic acids is 1. The second-order valence-corrected chi connectivity index (χ2v) is 8.67. The van der Waals surface area contributed by atoms with Crippen molar-refractivity contribution in [3.05, 3.63) is 54.1 Å². The molecule has 1 aliphatic heterocycles. The van der Waals surface area contributed by atoms with Crippen molar-refractivity contribution in [1.29, 1.82) is 0 Å². The van der Waals surface area contributed by atoms with Gasteiger partial charge in [-0.2, -0.15) is 13.1 Å². The molecular weight excluding hydrogens is 402 g/mol. The van der Waals surface area contributed by atoms with E-state index in [2.05, 4.69) is 10.1 Å². The summed E-state index contributed by atoms with van der Waals surface area (Å²) in [5.41, 5.74) is 1.11. The number of hydrogen-bond donors (Lipinski definition) is 1. The molecule has 156 valence electrons. The van der Waals surface area contributed by atoms with Gasteiger partial charge in [0.05, 0.1) is 11.3 Å². The van der Waals surface area contributed by atoms with E-state index in [0.717, 1.165) is 19.3 Å². The maximum absolute atomic E-state index is 12.6. The Labute approximate surface area is 168 Å². The summed E-state index contributed by atoms with van der Waals surface area (Å²) in [6.45, 7) is -1.83. The zero-order chi connectivity index (χ0) is 20.9. The van der Waals surface area contributed by atoms with Crippen LogP contribution in [0.2, 0.25) is 0 Å². The van der Waals surface area contributed by atoms with Gasteiger partial charge in [0.1, 0.15) is 5.75 Å². The van der Waals surface area contributed by atoms with Crippen molar-refractivity contribution in [2.45, 2.75) is 37.2 Å². The number of ether oxygens (including phenoxy) is 1. The Balaban J connectivity index is 1.58. The van der Waals surface area contributed by atoms with Crippen LogP contribution in [0.15, 0.2) is 53.4 Å². The number of hydrogen-bond acceptors (Lipinski definition) is 4. The molecule has 0 aliphatic carbocycles. The van der Waals surface area contributed by atoms with Crippen LogP contribution in [0, 0.1) is 0 Å². The molecule has 1 heterocycles. The predicted molar refractivity (Wildman–Crippen MR) is 104 cm³/mol. The van der Waals surface area contributed by atoms with Crippen LogP contribution in [-0.4, -0.2) is 38.3 Å². The first-order valence-electron chi connectivity index (χ1n) is 9.28. The number of piperidine rings is 1. The van der Waals surface area contributed by atoms with Gasteiger partial charge in [-0.3, -0.25) is 4.79 Å². The van der Waals surface area contributed by atoms with Crippen LogP contribution in [0.3, 0.4) is 0 Å². The topological polar surface area (TPSA) is 75.7 Å². The third-order valence-electron chi connectivity index (χ3n) is 4.60. The van der Waals surface area contributed by atoms with Crippen molar-refractivity contribution < 1.29 is 26.7 Å². The number of amides is 1. The standard InChI is InChI=1S/C20H22F2N2O4S/c21-20(22)28-17-8-6-16(7-9-17)23-19(25)14-15-4-10-18(11-5-15)29(26,27)24-12-2-1-3-13-24/h4-11,20H,1-3,12-14H2,(H,23,25). The lowest BCUT2D eigenvalue weighted by molar-refractivity contribution is -0.115. The van der Waals surface area contributed by atoms with Crippen LogP contribution in [0.25, 0.3) is 0 Å². The largest absolute Gasteiger partial charge is 0.435 e. The molecule has 9 heteroatoms. The number of benzene rings is 2. The van der Waals surface area contributed by atoms with E-state index in [1.807, 2.05) is 0 Å². The number of rotatable bonds is 7. The lowest BCUT2D eigenvalue weighted by Gasteiger charge is -2.25. The third-order valence-corrected chi connectivity index (χ3v) is 6.52. The average Bonchev–Trinajstić information content (AvgIpc) is 2.70. The van der Waals surface area contributed by atoms with E-state index in [4.69, 9.17) is 0 Å². The summed E-state index contributed by atoms with van der Waals surface area (Å²) < 4.78 is 55.3. The summed E-state index contributed by atoms with van der Waals surface area (Å²) in [7, 11) is -3.50. The Kier molecular flexibility index (Phi) is 6.81. The zero-order valence-corrected chi connectivity index (χ0v) is 16.5. The summed E-state index contributed by atoms with van der Waals surface area (Å²) >= 11 is 0. The first kappa shape index (κ1) is 21.2. The van der Waals surface area contributed by atoms with Crippen LogP contribution < -0.4 is 10.1 Å². The minimum absolute atomic E-state index is 0.00324. The molecule has 2 aromatic rings. The van der Waals surface area contributed by atoms with Crippen LogP contribution in [0.4, 0.5) is 14.5 Å². The summed E-state index contributed by atoms with van der Waals surface area (Å²) in [5, 5.41) is 2.66. The fraction of sp³-hybridized carbons (Fsp3) is 0.350. The molecule has 1 saturated heterocycles. The first-order valence-corrected chi connectivity index (χ1v) is 10.7. The molecule has 29 heavy (non-hydrogen) atoms. The van der Waals surface area contributed by atoms with Crippen LogP contribution >= 0.6 is 0 Å². The minimum Gasteiger partial charge on any atom is -0.435 e. The Morgan fingerprint density at radius 2 is 1.62 bits per heavy atom. The average molecular weight is 424 g/mol. The van der Waals surface area contributed by atoms with E-state index >= 15 is 0 Å². The number of nitrogens with zero attached hydrogens (tertiary/aromatic N) is 1. The second-order valence-electron chi connectivity index (χ2n) is 6.74. The van der Waals surface area contributed by atoms with E-state index in [1.165, 1.54) is 40.7 Å². The third kappa shape index (κ3) is 5.74. The monoisotopic (exact) mass is 424 g/mol. The lowest BCUT2D eigenvalue weighted by Crippen LogP contribution is -2.35. The molecule has 1 aliphatic rings. The summed E-state index contributed by atoms with van der Waals surface area (Å²) in [4.78, 5) is 12.4. The Hall–Kier alpha value is -2.52. The minimum atomic E-state index is -3.50. The van der Waals surface area contributed by atoms with Crippen LogP contribution in [-0.2, 0) is 21.2 Å². The quantitative estimate of drug-likeness (QED) is 0.736. The molecule has 6 nitrogen and oxygen atoms in total. The van der Waals surface area contributed by atoms with Gasteiger partial charge in [0.15, 0.2) is 0 Å². The van der Waals surface area contributed by atoms with Gasteiger partial charge < -0.3 is 10.1 Å². The predicted octanol–water partition coefficient (Wildman–Crippen LogP) is 3.64. The smallest absolute Gasteiger partial charge is 0.387 e. The van der Waals surface area contributed by atoms with E-state index < -0.39 is 16.6 Å². The van der Waals surface area contributed by atoms with Crippen molar-refractivity contribution in [2.75, 3.05) is 18.4 Å². The Morgan fingerprint density at radius 1 is 1.00 bits per heavy atom. The van der Waals surface area contributed by atoms with Gasteiger partial charge in [0, 0.05) is 18.8 Å². The molecule has 0 aromatic heterocycles. The van der Waals surface area contributed by atoms with Gasteiger partial charge in [-0.05, 0) is 54.8 Å². The summed E-state index contributed by atoms with van der Waals surface area (Å²) in [6, 6.07) is 11.9. The highest BCUT2D eigenvalue weighted by atomic mass is 32.2. The number of anilines is 1. The summed E-state index contributed by atoms with van der Waals surface area (Å²) in [5.74, 6) is -0.303. The molecule has 0 saturated carbocycles. The van der Waals surface area contributed by atoms with Crippen molar-refractivity contribution in [1.82, 2.24) is 4.31 Å². The van der Waals surface area contributed by atoms with Crippen molar-refractivity contribution in [2.24, 2.45) is 0 Å². The van der Waals surface area contributed by atoms with Gasteiger partial charge in [-0.15, -0.1) is 0 Å². The first-order chi connectivity index (χ1) is 13.8. The molecule has 0 bridgehead atoms. The fourth-order valence-corrected chi connectivity index (χ4v) is 4.66.